The first-order valence-electron chi connectivity index (χ1n) is 9.83. The largest absolute Gasteiger partial charge is 0.389 e. The fraction of sp³-hybridized carbons (Fsp3) is 0.857. The summed E-state index contributed by atoms with van der Waals surface area (Å²) in [7, 11) is 0. The molecule has 0 bridgehead atoms. The Labute approximate surface area is 145 Å². The average Bonchev–Trinajstić information content (AvgIpc) is 2.81. The van der Waals surface area contributed by atoms with Crippen LogP contribution in [-0.2, 0) is 4.79 Å². The minimum atomic E-state index is -1.11. The molecule has 0 aromatic rings. The molecule has 0 aliphatic heterocycles. The molecular formula is C21H32O3. The lowest BCUT2D eigenvalue weighted by atomic mass is 9.45. The molecule has 3 saturated carbocycles. The van der Waals surface area contributed by atoms with Gasteiger partial charge in [0.15, 0.2) is 5.78 Å². The summed E-state index contributed by atoms with van der Waals surface area (Å²) in [4.78, 5) is 12.2. The van der Waals surface area contributed by atoms with Crippen LogP contribution in [0.2, 0.25) is 0 Å². The highest BCUT2D eigenvalue weighted by atomic mass is 16.3. The molecule has 24 heavy (non-hydrogen) atoms. The molecule has 2 N–H and O–H groups in total. The van der Waals surface area contributed by atoms with E-state index in [1.54, 1.807) is 6.92 Å². The lowest BCUT2D eigenvalue weighted by Crippen LogP contribution is -2.57. The van der Waals surface area contributed by atoms with E-state index in [-0.39, 0.29) is 22.7 Å². The SMILES string of the molecule is CC(=O)[C@@]1(O)CC[C@H]2[C@@H]3CCC4C[C@@H](O)C=C[C@]4(C)[C@H]3CC[C@@]21C. The Kier molecular flexibility index (Phi) is 3.61. The summed E-state index contributed by atoms with van der Waals surface area (Å²) in [5.41, 5.74) is -1.18. The summed E-state index contributed by atoms with van der Waals surface area (Å²) < 4.78 is 0. The zero-order chi connectivity index (χ0) is 17.3. The molecule has 4 aliphatic rings. The molecule has 8 atom stereocenters. The molecule has 3 fully saturated rings. The summed E-state index contributed by atoms with van der Waals surface area (Å²) in [6.45, 7) is 6.14. The van der Waals surface area contributed by atoms with Gasteiger partial charge in [-0.15, -0.1) is 0 Å². The molecule has 4 rings (SSSR count). The number of Topliss-reactive ketones (excluding diaryl/α,β-unsaturated/α-hetero) is 1. The summed E-state index contributed by atoms with van der Waals surface area (Å²) in [6.07, 6.45) is 11.0. The van der Waals surface area contributed by atoms with Gasteiger partial charge in [0.2, 0.25) is 0 Å². The van der Waals surface area contributed by atoms with Crippen LogP contribution in [-0.4, -0.2) is 27.7 Å². The van der Waals surface area contributed by atoms with Crippen LogP contribution in [0.1, 0.15) is 65.7 Å². The van der Waals surface area contributed by atoms with Crippen molar-refractivity contribution < 1.29 is 15.0 Å². The van der Waals surface area contributed by atoms with Crippen molar-refractivity contribution in [1.82, 2.24) is 0 Å². The number of fused-ring (bicyclic) bond motifs is 5. The van der Waals surface area contributed by atoms with E-state index in [0.717, 1.165) is 25.7 Å². The van der Waals surface area contributed by atoms with Crippen molar-refractivity contribution >= 4 is 5.78 Å². The van der Waals surface area contributed by atoms with E-state index in [1.807, 2.05) is 6.08 Å². The highest BCUT2D eigenvalue weighted by molar-refractivity contribution is 5.86. The second-order valence-corrected chi connectivity index (χ2v) is 9.59. The van der Waals surface area contributed by atoms with E-state index in [1.165, 1.54) is 12.8 Å². The highest BCUT2D eigenvalue weighted by Crippen LogP contribution is 2.67. The predicted molar refractivity (Wildman–Crippen MR) is 93.3 cm³/mol. The van der Waals surface area contributed by atoms with Crippen molar-refractivity contribution in [3.05, 3.63) is 12.2 Å². The Morgan fingerprint density at radius 2 is 1.79 bits per heavy atom. The normalized spacial score (nSPS) is 56.3. The highest BCUT2D eigenvalue weighted by Gasteiger charge is 2.65. The Bertz CT molecular complexity index is 584. The molecule has 0 amide bonds. The number of rotatable bonds is 1. The maximum absolute atomic E-state index is 12.2. The van der Waals surface area contributed by atoms with E-state index >= 15 is 0 Å². The van der Waals surface area contributed by atoms with Crippen LogP contribution >= 0.6 is 0 Å². The van der Waals surface area contributed by atoms with Gasteiger partial charge in [-0.25, -0.2) is 0 Å². The summed E-state index contributed by atoms with van der Waals surface area (Å²) in [5, 5.41) is 21.2. The summed E-state index contributed by atoms with van der Waals surface area (Å²) >= 11 is 0. The number of carbonyl (C=O) groups is 1. The fourth-order valence-electron chi connectivity index (χ4n) is 7.38. The minimum absolute atomic E-state index is 0.0356. The predicted octanol–water partition coefficient (Wildman–Crippen LogP) is 3.49. The lowest BCUT2D eigenvalue weighted by Gasteiger charge is -2.60. The topological polar surface area (TPSA) is 57.5 Å². The van der Waals surface area contributed by atoms with Crippen LogP contribution in [0.4, 0.5) is 0 Å². The van der Waals surface area contributed by atoms with Crippen molar-refractivity contribution in [2.24, 2.45) is 34.5 Å². The minimum Gasteiger partial charge on any atom is -0.389 e. The Hall–Kier alpha value is -0.670. The zero-order valence-electron chi connectivity index (χ0n) is 15.3. The Morgan fingerprint density at radius 3 is 2.50 bits per heavy atom. The molecule has 4 aliphatic carbocycles. The van der Waals surface area contributed by atoms with Gasteiger partial charge in [0, 0.05) is 5.41 Å². The van der Waals surface area contributed by atoms with Crippen molar-refractivity contribution in [1.29, 1.82) is 0 Å². The van der Waals surface area contributed by atoms with Crippen molar-refractivity contribution in [2.75, 3.05) is 0 Å². The smallest absolute Gasteiger partial charge is 0.161 e. The molecular weight excluding hydrogens is 300 g/mol. The first-order valence-corrected chi connectivity index (χ1v) is 9.83. The van der Waals surface area contributed by atoms with Crippen LogP contribution in [0, 0.1) is 34.5 Å². The van der Waals surface area contributed by atoms with Gasteiger partial charge in [-0.1, -0.05) is 26.0 Å². The second kappa shape index (κ2) is 5.17. The molecule has 134 valence electrons. The van der Waals surface area contributed by atoms with Gasteiger partial charge in [-0.2, -0.15) is 0 Å². The standard InChI is InChI=1S/C21H32O3/c1-13(22)21(24)11-8-18-16-5-4-14-12-15(23)6-9-19(14,2)17(16)7-10-20(18,21)3/h6,9,14-18,23-24H,4-5,7-8,10-12H2,1-3H3/t14?,15-,16+,17-,18-,19-,20-,21-/m0/s1. The maximum atomic E-state index is 12.2. The van der Waals surface area contributed by atoms with Gasteiger partial charge in [0.05, 0.1) is 6.10 Å². The van der Waals surface area contributed by atoms with Crippen LogP contribution < -0.4 is 0 Å². The van der Waals surface area contributed by atoms with Gasteiger partial charge in [-0.3, -0.25) is 4.79 Å². The summed E-state index contributed by atoms with van der Waals surface area (Å²) in [6, 6.07) is 0. The number of allylic oxidation sites excluding steroid dienone is 1. The third-order valence-corrected chi connectivity index (χ3v) is 8.90. The number of aliphatic hydroxyl groups is 2. The van der Waals surface area contributed by atoms with Gasteiger partial charge in [0.1, 0.15) is 5.60 Å². The van der Waals surface area contributed by atoms with Gasteiger partial charge < -0.3 is 10.2 Å². The molecule has 0 radical (unpaired) electrons. The number of aliphatic hydroxyl groups excluding tert-OH is 1. The summed E-state index contributed by atoms with van der Waals surface area (Å²) in [5.74, 6) is 2.25. The van der Waals surface area contributed by atoms with Crippen LogP contribution in [0.25, 0.3) is 0 Å². The molecule has 3 heteroatoms. The van der Waals surface area contributed by atoms with E-state index < -0.39 is 5.60 Å². The van der Waals surface area contributed by atoms with Crippen LogP contribution in [0.3, 0.4) is 0 Å². The van der Waals surface area contributed by atoms with Crippen molar-refractivity contribution in [2.45, 2.75) is 77.4 Å². The Morgan fingerprint density at radius 1 is 1.08 bits per heavy atom. The number of hydrogen-bond donors (Lipinski definition) is 2. The molecule has 1 unspecified atom stereocenters. The fourth-order valence-corrected chi connectivity index (χ4v) is 7.38. The molecule has 0 saturated heterocycles. The molecule has 0 heterocycles. The molecule has 0 spiro atoms. The quantitative estimate of drug-likeness (QED) is 0.723. The van der Waals surface area contributed by atoms with Gasteiger partial charge >= 0.3 is 0 Å². The van der Waals surface area contributed by atoms with E-state index in [9.17, 15) is 15.0 Å². The van der Waals surface area contributed by atoms with Gasteiger partial charge in [-0.05, 0) is 81.0 Å². The molecule has 3 nitrogen and oxygen atoms in total. The van der Waals surface area contributed by atoms with E-state index in [0.29, 0.717) is 30.1 Å². The zero-order valence-corrected chi connectivity index (χ0v) is 15.3. The van der Waals surface area contributed by atoms with Crippen LogP contribution in [0.15, 0.2) is 12.2 Å². The van der Waals surface area contributed by atoms with E-state index in [4.69, 9.17) is 0 Å². The average molecular weight is 332 g/mol. The monoisotopic (exact) mass is 332 g/mol. The van der Waals surface area contributed by atoms with Gasteiger partial charge in [0.25, 0.3) is 0 Å². The molecule has 0 aromatic carbocycles. The first-order chi connectivity index (χ1) is 11.2. The third-order valence-electron chi connectivity index (χ3n) is 8.90. The van der Waals surface area contributed by atoms with Crippen LogP contribution in [0.5, 0.6) is 0 Å². The first kappa shape index (κ1) is 16.8. The number of hydrogen-bond acceptors (Lipinski definition) is 3. The second-order valence-electron chi connectivity index (χ2n) is 9.59. The number of ketones is 1. The maximum Gasteiger partial charge on any atom is 0.161 e. The van der Waals surface area contributed by atoms with Crippen molar-refractivity contribution in [3.63, 3.8) is 0 Å². The Balaban J connectivity index is 1.68. The van der Waals surface area contributed by atoms with Crippen molar-refractivity contribution in [3.8, 4) is 0 Å². The molecule has 0 aromatic heterocycles. The third kappa shape index (κ3) is 1.94. The van der Waals surface area contributed by atoms with E-state index in [2.05, 4.69) is 19.9 Å². The number of carbonyl (C=O) groups excluding carboxylic acids is 1. The lowest BCUT2D eigenvalue weighted by molar-refractivity contribution is -0.163.